The maximum atomic E-state index is 12.4. The SMILES string of the molecule is CC(C)CN1CCN(S(=O)(=O)CCC[CH]C2CCNCC2)CC1. The summed E-state index contributed by atoms with van der Waals surface area (Å²) in [5.74, 6) is 1.63. The zero-order chi connectivity index (χ0) is 16.7. The van der Waals surface area contributed by atoms with Crippen molar-refractivity contribution in [2.45, 2.75) is 39.5 Å². The molecule has 2 rings (SSSR count). The topological polar surface area (TPSA) is 52.7 Å². The minimum Gasteiger partial charge on any atom is -0.317 e. The van der Waals surface area contributed by atoms with Gasteiger partial charge in [-0.05, 0) is 57.0 Å². The lowest BCUT2D eigenvalue weighted by molar-refractivity contribution is 0.172. The third-order valence-electron chi connectivity index (χ3n) is 4.84. The first-order chi connectivity index (χ1) is 11.0. The van der Waals surface area contributed by atoms with Crippen LogP contribution in [0.5, 0.6) is 0 Å². The number of hydrogen-bond acceptors (Lipinski definition) is 4. The molecule has 0 saturated carbocycles. The monoisotopic (exact) mass is 344 g/mol. The van der Waals surface area contributed by atoms with E-state index in [1.54, 1.807) is 4.31 Å². The van der Waals surface area contributed by atoms with Gasteiger partial charge in [0, 0.05) is 32.7 Å². The molecule has 135 valence electrons. The van der Waals surface area contributed by atoms with E-state index in [-0.39, 0.29) is 0 Å². The zero-order valence-electron chi connectivity index (χ0n) is 14.8. The third kappa shape index (κ3) is 6.69. The van der Waals surface area contributed by atoms with Crippen LogP contribution in [0.25, 0.3) is 0 Å². The van der Waals surface area contributed by atoms with Crippen LogP contribution in [0.2, 0.25) is 0 Å². The normalized spacial score (nSPS) is 22.7. The summed E-state index contributed by atoms with van der Waals surface area (Å²) in [6, 6.07) is 0. The van der Waals surface area contributed by atoms with E-state index in [2.05, 4.69) is 30.5 Å². The Hall–Kier alpha value is -0.170. The highest BCUT2D eigenvalue weighted by Gasteiger charge is 2.26. The number of hydrogen-bond donors (Lipinski definition) is 1. The van der Waals surface area contributed by atoms with E-state index in [1.165, 1.54) is 12.8 Å². The van der Waals surface area contributed by atoms with E-state index in [1.807, 2.05) is 0 Å². The average molecular weight is 345 g/mol. The van der Waals surface area contributed by atoms with Gasteiger partial charge >= 0.3 is 0 Å². The molecule has 5 nitrogen and oxygen atoms in total. The summed E-state index contributed by atoms with van der Waals surface area (Å²) in [7, 11) is -3.06. The van der Waals surface area contributed by atoms with Gasteiger partial charge in [0.1, 0.15) is 0 Å². The van der Waals surface area contributed by atoms with Gasteiger partial charge in [-0.15, -0.1) is 0 Å². The van der Waals surface area contributed by atoms with Crippen molar-refractivity contribution in [2.24, 2.45) is 11.8 Å². The Balaban J connectivity index is 1.64. The number of nitrogens with zero attached hydrogens (tertiary/aromatic N) is 2. The maximum Gasteiger partial charge on any atom is 0.214 e. The molecule has 0 bridgehead atoms. The molecule has 0 aromatic carbocycles. The van der Waals surface area contributed by atoms with Crippen LogP contribution in [0.1, 0.15) is 39.5 Å². The van der Waals surface area contributed by atoms with Crippen LogP contribution < -0.4 is 5.32 Å². The van der Waals surface area contributed by atoms with Gasteiger partial charge in [-0.3, -0.25) is 0 Å². The highest BCUT2D eigenvalue weighted by molar-refractivity contribution is 7.89. The fraction of sp³-hybridized carbons (Fsp3) is 0.941. The second-order valence-electron chi connectivity index (χ2n) is 7.37. The van der Waals surface area contributed by atoms with E-state index in [0.29, 0.717) is 30.7 Å². The molecular weight excluding hydrogens is 310 g/mol. The largest absolute Gasteiger partial charge is 0.317 e. The molecule has 2 aliphatic rings. The maximum absolute atomic E-state index is 12.4. The van der Waals surface area contributed by atoms with E-state index < -0.39 is 10.0 Å². The minimum absolute atomic E-state index is 0.304. The van der Waals surface area contributed by atoms with Crippen LogP contribution in [0.4, 0.5) is 0 Å². The first-order valence-electron chi connectivity index (χ1n) is 9.21. The molecule has 1 radical (unpaired) electrons. The molecule has 2 fully saturated rings. The summed E-state index contributed by atoms with van der Waals surface area (Å²) in [4.78, 5) is 2.38. The molecule has 0 unspecified atom stereocenters. The Morgan fingerprint density at radius 1 is 1.13 bits per heavy atom. The number of piperazine rings is 1. The van der Waals surface area contributed by atoms with Gasteiger partial charge in [-0.2, -0.15) is 4.31 Å². The summed E-state index contributed by atoms with van der Waals surface area (Å²) in [5, 5.41) is 3.36. The van der Waals surface area contributed by atoms with Gasteiger partial charge in [0.25, 0.3) is 0 Å². The van der Waals surface area contributed by atoms with Gasteiger partial charge in [-0.25, -0.2) is 8.42 Å². The lowest BCUT2D eigenvalue weighted by Crippen LogP contribution is -2.49. The van der Waals surface area contributed by atoms with Crippen LogP contribution in [-0.2, 0) is 10.0 Å². The predicted molar refractivity (Wildman–Crippen MR) is 95.8 cm³/mol. The molecule has 0 aromatic heterocycles. The highest BCUT2D eigenvalue weighted by Crippen LogP contribution is 2.18. The number of rotatable bonds is 8. The number of unbranched alkanes of at least 4 members (excludes halogenated alkanes) is 1. The van der Waals surface area contributed by atoms with Crippen molar-refractivity contribution in [3.63, 3.8) is 0 Å². The van der Waals surface area contributed by atoms with Crippen LogP contribution in [0, 0.1) is 18.3 Å². The Morgan fingerprint density at radius 3 is 2.39 bits per heavy atom. The molecule has 1 N–H and O–H groups in total. The second-order valence-corrected chi connectivity index (χ2v) is 9.46. The lowest BCUT2D eigenvalue weighted by atomic mass is 9.93. The predicted octanol–water partition coefficient (Wildman–Crippen LogP) is 1.57. The van der Waals surface area contributed by atoms with Crippen LogP contribution in [0.3, 0.4) is 0 Å². The molecule has 6 heteroatoms. The Morgan fingerprint density at radius 2 is 1.78 bits per heavy atom. The summed E-state index contributed by atoms with van der Waals surface area (Å²) in [6.07, 6.45) is 6.43. The van der Waals surface area contributed by atoms with Crippen molar-refractivity contribution in [3.8, 4) is 0 Å². The van der Waals surface area contributed by atoms with Crippen molar-refractivity contribution in [1.29, 1.82) is 0 Å². The Kier molecular flexibility index (Phi) is 7.79. The summed E-state index contributed by atoms with van der Waals surface area (Å²) < 4.78 is 26.6. The van der Waals surface area contributed by atoms with E-state index in [9.17, 15) is 8.42 Å². The van der Waals surface area contributed by atoms with Crippen LogP contribution in [-0.4, -0.2) is 69.2 Å². The first kappa shape index (κ1) is 19.2. The molecule has 2 heterocycles. The van der Waals surface area contributed by atoms with Crippen molar-refractivity contribution in [2.75, 3.05) is 51.6 Å². The van der Waals surface area contributed by atoms with Gasteiger partial charge < -0.3 is 10.2 Å². The smallest absolute Gasteiger partial charge is 0.214 e. The molecule has 0 spiro atoms. The van der Waals surface area contributed by atoms with Gasteiger partial charge in [0.05, 0.1) is 5.75 Å². The summed E-state index contributed by atoms with van der Waals surface area (Å²) >= 11 is 0. The fourth-order valence-electron chi connectivity index (χ4n) is 3.54. The van der Waals surface area contributed by atoms with Crippen molar-refractivity contribution in [1.82, 2.24) is 14.5 Å². The molecule has 2 saturated heterocycles. The first-order valence-corrected chi connectivity index (χ1v) is 10.8. The highest BCUT2D eigenvalue weighted by atomic mass is 32.2. The van der Waals surface area contributed by atoms with Crippen molar-refractivity contribution < 1.29 is 8.42 Å². The van der Waals surface area contributed by atoms with Gasteiger partial charge in [0.15, 0.2) is 0 Å². The minimum atomic E-state index is -3.06. The number of piperidine rings is 1. The molecular formula is C17H34N3O2S. The van der Waals surface area contributed by atoms with E-state index >= 15 is 0 Å². The third-order valence-corrected chi connectivity index (χ3v) is 6.79. The average Bonchev–Trinajstić information content (AvgIpc) is 2.53. The standard InChI is InChI=1S/C17H34N3O2S/c1-16(2)15-19-10-12-20(13-11-19)23(21,22)14-4-3-5-17-6-8-18-9-7-17/h5,16-18H,3-4,6-15H2,1-2H3. The molecule has 23 heavy (non-hydrogen) atoms. The molecule has 0 aromatic rings. The van der Waals surface area contributed by atoms with E-state index in [4.69, 9.17) is 0 Å². The van der Waals surface area contributed by atoms with Gasteiger partial charge in [-0.1, -0.05) is 13.8 Å². The van der Waals surface area contributed by atoms with E-state index in [0.717, 1.165) is 45.6 Å². The quantitative estimate of drug-likeness (QED) is 0.679. The Labute approximate surface area is 142 Å². The zero-order valence-corrected chi connectivity index (χ0v) is 15.7. The Bertz CT molecular complexity index is 425. The molecule has 2 aliphatic heterocycles. The molecule has 0 aliphatic carbocycles. The molecule has 0 atom stereocenters. The number of sulfonamides is 1. The number of nitrogens with one attached hydrogen (secondary N) is 1. The fourth-order valence-corrected chi connectivity index (χ4v) is 5.04. The van der Waals surface area contributed by atoms with Crippen molar-refractivity contribution in [3.05, 3.63) is 6.42 Å². The van der Waals surface area contributed by atoms with Crippen molar-refractivity contribution >= 4 is 10.0 Å². The van der Waals surface area contributed by atoms with Crippen LogP contribution in [0.15, 0.2) is 0 Å². The summed E-state index contributed by atoms with van der Waals surface area (Å²) in [6.45, 7) is 10.8. The lowest BCUT2D eigenvalue weighted by Gasteiger charge is -2.34. The summed E-state index contributed by atoms with van der Waals surface area (Å²) in [5.41, 5.74) is 0. The van der Waals surface area contributed by atoms with Gasteiger partial charge in [0.2, 0.25) is 10.0 Å². The second kappa shape index (κ2) is 9.35. The van der Waals surface area contributed by atoms with Crippen LogP contribution >= 0.6 is 0 Å². The molecule has 0 amide bonds.